The molecule has 0 aliphatic rings. The number of hydrogen-bond donors (Lipinski definition) is 0. The maximum absolute atomic E-state index is 4.80. The van der Waals surface area contributed by atoms with Crippen LogP contribution in [0.1, 0.15) is 0 Å². The van der Waals surface area contributed by atoms with Gasteiger partial charge in [-0.25, -0.2) is 4.98 Å². The molecule has 0 unspecified atom stereocenters. The van der Waals surface area contributed by atoms with Gasteiger partial charge in [-0.1, -0.05) is 42.5 Å². The zero-order valence-corrected chi connectivity index (χ0v) is 10.2. The van der Waals surface area contributed by atoms with Crippen LogP contribution in [0.4, 0.5) is 0 Å². The van der Waals surface area contributed by atoms with Crippen molar-refractivity contribution in [1.82, 2.24) is 9.38 Å². The fourth-order valence-corrected chi connectivity index (χ4v) is 3.14. The number of benzene rings is 3. The van der Waals surface area contributed by atoms with Gasteiger partial charge in [0.05, 0.1) is 16.6 Å². The van der Waals surface area contributed by atoms with Crippen molar-refractivity contribution in [1.29, 1.82) is 0 Å². The first-order valence-electron chi connectivity index (χ1n) is 6.43. The van der Waals surface area contributed by atoms with Crippen molar-refractivity contribution in [2.75, 3.05) is 0 Å². The van der Waals surface area contributed by atoms with Gasteiger partial charge in [-0.2, -0.15) is 0 Å². The molecule has 19 heavy (non-hydrogen) atoms. The Morgan fingerprint density at radius 3 is 2.47 bits per heavy atom. The van der Waals surface area contributed by atoms with Gasteiger partial charge in [0.15, 0.2) is 0 Å². The van der Waals surface area contributed by atoms with Crippen molar-refractivity contribution >= 4 is 38.4 Å². The summed E-state index contributed by atoms with van der Waals surface area (Å²) < 4.78 is 2.27. The molecule has 2 nitrogen and oxygen atoms in total. The zero-order valence-electron chi connectivity index (χ0n) is 10.2. The molecular formula is C17H10N2. The second-order valence-electron chi connectivity index (χ2n) is 4.94. The van der Waals surface area contributed by atoms with Crippen molar-refractivity contribution in [2.45, 2.75) is 0 Å². The molecular weight excluding hydrogens is 232 g/mol. The van der Waals surface area contributed by atoms with Gasteiger partial charge in [0.1, 0.15) is 5.65 Å². The van der Waals surface area contributed by atoms with Gasteiger partial charge in [-0.3, -0.25) is 4.40 Å². The van der Waals surface area contributed by atoms with Gasteiger partial charge >= 0.3 is 0 Å². The second-order valence-corrected chi connectivity index (χ2v) is 4.94. The van der Waals surface area contributed by atoms with Gasteiger partial charge < -0.3 is 0 Å². The quantitative estimate of drug-likeness (QED) is 0.397. The van der Waals surface area contributed by atoms with Crippen molar-refractivity contribution in [3.8, 4) is 0 Å². The second kappa shape index (κ2) is 3.04. The van der Waals surface area contributed by atoms with Crippen molar-refractivity contribution in [3.05, 3.63) is 60.7 Å². The summed E-state index contributed by atoms with van der Waals surface area (Å²) in [5, 5.41) is 3.84. The molecule has 2 heteroatoms. The zero-order chi connectivity index (χ0) is 12.4. The summed E-state index contributed by atoms with van der Waals surface area (Å²) in [7, 11) is 0. The molecule has 0 saturated heterocycles. The lowest BCUT2D eigenvalue weighted by atomic mass is 10.1. The van der Waals surface area contributed by atoms with Crippen molar-refractivity contribution < 1.29 is 0 Å². The van der Waals surface area contributed by atoms with E-state index in [4.69, 9.17) is 4.98 Å². The molecule has 3 aromatic carbocycles. The molecule has 2 aromatic heterocycles. The molecule has 0 amide bonds. The number of para-hydroxylation sites is 2. The number of aromatic nitrogens is 2. The molecule has 0 atom stereocenters. The first-order chi connectivity index (χ1) is 9.43. The number of nitrogens with zero attached hydrogens (tertiary/aromatic N) is 2. The average Bonchev–Trinajstić information content (AvgIpc) is 2.98. The van der Waals surface area contributed by atoms with E-state index in [1.54, 1.807) is 0 Å². The van der Waals surface area contributed by atoms with E-state index in [-0.39, 0.29) is 0 Å². The van der Waals surface area contributed by atoms with Crippen LogP contribution in [0.2, 0.25) is 0 Å². The molecule has 88 valence electrons. The van der Waals surface area contributed by atoms with Crippen LogP contribution in [-0.4, -0.2) is 9.38 Å². The lowest BCUT2D eigenvalue weighted by Crippen LogP contribution is -1.79. The summed E-state index contributed by atoms with van der Waals surface area (Å²) in [6.07, 6.45) is 0. The molecule has 0 radical (unpaired) electrons. The Morgan fingerprint density at radius 2 is 1.53 bits per heavy atom. The molecule has 0 aliphatic heterocycles. The Balaban J connectivity index is 2.26. The SMILES string of the molecule is c1ccc2c(c1)nc1c3cccc4cccc(c43)n21. The molecule has 0 aliphatic carbocycles. The van der Waals surface area contributed by atoms with E-state index < -0.39 is 0 Å². The number of hydrogen-bond acceptors (Lipinski definition) is 1. The Morgan fingerprint density at radius 1 is 0.737 bits per heavy atom. The first-order valence-corrected chi connectivity index (χ1v) is 6.43. The normalized spacial score (nSPS) is 12.2. The molecule has 0 bridgehead atoms. The minimum atomic E-state index is 1.06. The lowest BCUT2D eigenvalue weighted by molar-refractivity contribution is 1.34. The van der Waals surface area contributed by atoms with Crippen molar-refractivity contribution in [2.24, 2.45) is 0 Å². The molecule has 0 saturated carbocycles. The number of rotatable bonds is 0. The van der Waals surface area contributed by atoms with Gasteiger partial charge in [0, 0.05) is 10.8 Å². The highest BCUT2D eigenvalue weighted by molar-refractivity contribution is 6.17. The van der Waals surface area contributed by atoms with E-state index in [0.717, 1.165) is 11.2 Å². The molecule has 5 aromatic rings. The third kappa shape index (κ3) is 1.01. The van der Waals surface area contributed by atoms with Crippen LogP contribution in [0.25, 0.3) is 38.4 Å². The van der Waals surface area contributed by atoms with Crippen molar-refractivity contribution in [3.63, 3.8) is 0 Å². The Kier molecular flexibility index (Phi) is 1.49. The summed E-state index contributed by atoms with van der Waals surface area (Å²) >= 11 is 0. The lowest BCUT2D eigenvalue weighted by Gasteiger charge is -1.98. The number of fused-ring (bicyclic) bond motifs is 5. The molecule has 0 fully saturated rings. The van der Waals surface area contributed by atoms with E-state index in [0.29, 0.717) is 0 Å². The minimum Gasteiger partial charge on any atom is -0.292 e. The van der Waals surface area contributed by atoms with Gasteiger partial charge in [-0.15, -0.1) is 0 Å². The molecule has 0 N–H and O–H groups in total. The molecule has 0 spiro atoms. The fourth-order valence-electron chi connectivity index (χ4n) is 3.14. The largest absolute Gasteiger partial charge is 0.292 e. The fraction of sp³-hybridized carbons (Fsp3) is 0. The van der Waals surface area contributed by atoms with Gasteiger partial charge in [-0.05, 0) is 23.6 Å². The Labute approximate surface area is 109 Å². The Hall–Kier alpha value is -2.61. The summed E-state index contributed by atoms with van der Waals surface area (Å²) in [6.45, 7) is 0. The number of imidazole rings is 1. The standard InChI is InChI=1S/C17H10N2/c1-2-9-14-13(8-1)18-17-12-7-3-5-11-6-4-10-15(16(11)12)19(14)17/h1-10H. The maximum atomic E-state index is 4.80. The van der Waals surface area contributed by atoms with Crippen LogP contribution in [0, 0.1) is 0 Å². The topological polar surface area (TPSA) is 17.3 Å². The third-order valence-electron chi connectivity index (χ3n) is 3.93. The summed E-state index contributed by atoms with van der Waals surface area (Å²) in [5.74, 6) is 0. The highest BCUT2D eigenvalue weighted by Crippen LogP contribution is 2.34. The van der Waals surface area contributed by atoms with Crippen LogP contribution in [0.3, 0.4) is 0 Å². The summed E-state index contributed by atoms with van der Waals surface area (Å²) in [4.78, 5) is 4.80. The predicted octanol–water partition coefficient (Wildman–Crippen LogP) is 4.23. The van der Waals surface area contributed by atoms with E-state index in [1.807, 2.05) is 6.07 Å². The van der Waals surface area contributed by atoms with Gasteiger partial charge in [0.25, 0.3) is 0 Å². The highest BCUT2D eigenvalue weighted by atomic mass is 15.0. The van der Waals surface area contributed by atoms with E-state index in [2.05, 4.69) is 59.0 Å². The smallest absolute Gasteiger partial charge is 0.146 e. The van der Waals surface area contributed by atoms with Crippen LogP contribution < -0.4 is 0 Å². The summed E-state index contributed by atoms with van der Waals surface area (Å²) in [6, 6.07) is 21.2. The highest BCUT2D eigenvalue weighted by Gasteiger charge is 2.14. The first kappa shape index (κ1) is 9.34. The third-order valence-corrected chi connectivity index (χ3v) is 3.93. The summed E-state index contributed by atoms with van der Waals surface area (Å²) in [5.41, 5.74) is 4.55. The van der Waals surface area contributed by atoms with Crippen LogP contribution in [0.15, 0.2) is 60.7 Å². The minimum absolute atomic E-state index is 1.06. The maximum Gasteiger partial charge on any atom is 0.146 e. The van der Waals surface area contributed by atoms with E-state index in [9.17, 15) is 0 Å². The Bertz CT molecular complexity index is 1050. The molecule has 2 heterocycles. The van der Waals surface area contributed by atoms with Crippen LogP contribution >= 0.6 is 0 Å². The van der Waals surface area contributed by atoms with Gasteiger partial charge in [0.2, 0.25) is 0 Å². The van der Waals surface area contributed by atoms with E-state index >= 15 is 0 Å². The predicted molar refractivity (Wildman–Crippen MR) is 78.9 cm³/mol. The van der Waals surface area contributed by atoms with Crippen LogP contribution in [0.5, 0.6) is 0 Å². The average molecular weight is 242 g/mol. The monoisotopic (exact) mass is 242 g/mol. The molecule has 5 rings (SSSR count). The van der Waals surface area contributed by atoms with E-state index in [1.165, 1.54) is 27.2 Å². The van der Waals surface area contributed by atoms with Crippen LogP contribution in [-0.2, 0) is 0 Å².